The van der Waals surface area contributed by atoms with Crippen LogP contribution in [0, 0.1) is 6.92 Å². The molecule has 3 aromatic carbocycles. The number of hydrogen-bond donors (Lipinski definition) is 2. The quantitative estimate of drug-likeness (QED) is 0.200. The van der Waals surface area contributed by atoms with Gasteiger partial charge in [0.1, 0.15) is 11.8 Å². The average molecular weight is 618 g/mol. The van der Waals surface area contributed by atoms with Gasteiger partial charge in [-0.1, -0.05) is 54.6 Å². The lowest BCUT2D eigenvalue weighted by Gasteiger charge is -2.18. The third kappa shape index (κ3) is 5.85. The Bertz CT molecular complexity index is 2290. The number of amides is 2. The van der Waals surface area contributed by atoms with Gasteiger partial charge in [-0.25, -0.2) is 0 Å². The fourth-order valence-electron chi connectivity index (χ4n) is 5.48. The largest absolute Gasteiger partial charge is 0.455 e. The van der Waals surface area contributed by atoms with E-state index in [1.807, 2.05) is 66.7 Å². The number of pyridine rings is 3. The van der Waals surface area contributed by atoms with Crippen molar-refractivity contribution in [1.82, 2.24) is 20.3 Å². The third-order valence-corrected chi connectivity index (χ3v) is 7.87. The molecule has 7 aromatic rings. The third-order valence-electron chi connectivity index (χ3n) is 7.87. The zero-order valence-corrected chi connectivity index (χ0v) is 25.2. The van der Waals surface area contributed by atoms with Crippen LogP contribution >= 0.6 is 0 Å². The predicted octanol–water partition coefficient (Wildman–Crippen LogP) is 6.88. The molecule has 228 valence electrons. The summed E-state index contributed by atoms with van der Waals surface area (Å²) in [4.78, 5) is 53.5. The van der Waals surface area contributed by atoms with E-state index >= 15 is 0 Å². The molecule has 47 heavy (non-hydrogen) atoms. The number of nitrogens with one attached hydrogen (secondary N) is 2. The number of benzene rings is 3. The Kier molecular flexibility index (Phi) is 7.77. The van der Waals surface area contributed by atoms with Crippen molar-refractivity contribution in [3.05, 3.63) is 166 Å². The summed E-state index contributed by atoms with van der Waals surface area (Å²) in [5.41, 5.74) is 4.22. The number of aromatic nitrogens is 3. The lowest BCUT2D eigenvalue weighted by atomic mass is 10.0. The number of para-hydroxylation sites is 1. The Balaban J connectivity index is 1.14. The maximum absolute atomic E-state index is 13.5. The van der Waals surface area contributed by atoms with Crippen molar-refractivity contribution in [2.45, 2.75) is 13.0 Å². The SMILES string of the molecule is Cc1c(-c2ccccc2)oc2c(C(=O)Nc3ccc4cc(C(=O)NC(c5ccccn5)c5ccccn5)cnc4c3)cccc2c1=O. The van der Waals surface area contributed by atoms with E-state index in [2.05, 4.69) is 25.6 Å². The number of nitrogens with zero attached hydrogens (tertiary/aromatic N) is 3. The highest BCUT2D eigenvalue weighted by Crippen LogP contribution is 2.28. The number of rotatable bonds is 7. The number of anilines is 1. The highest BCUT2D eigenvalue weighted by atomic mass is 16.3. The normalized spacial score (nSPS) is 11.1. The van der Waals surface area contributed by atoms with Gasteiger partial charge in [0, 0.05) is 40.8 Å². The number of carbonyl (C=O) groups is 2. The van der Waals surface area contributed by atoms with Gasteiger partial charge in [0.15, 0.2) is 11.0 Å². The van der Waals surface area contributed by atoms with Crippen LogP contribution < -0.4 is 16.1 Å². The van der Waals surface area contributed by atoms with Crippen LogP contribution in [0.15, 0.2) is 137 Å². The van der Waals surface area contributed by atoms with E-state index in [4.69, 9.17) is 4.42 Å². The molecular formula is C38H27N5O4. The molecule has 0 saturated carbocycles. The summed E-state index contributed by atoms with van der Waals surface area (Å²) in [6.07, 6.45) is 4.83. The lowest BCUT2D eigenvalue weighted by molar-refractivity contribution is 0.0940. The van der Waals surface area contributed by atoms with Crippen LogP contribution in [0.25, 0.3) is 33.2 Å². The Morgan fingerprint density at radius 2 is 1.47 bits per heavy atom. The molecule has 2 amide bonds. The molecule has 0 bridgehead atoms. The van der Waals surface area contributed by atoms with Crippen LogP contribution in [0.1, 0.15) is 43.7 Å². The predicted molar refractivity (Wildman–Crippen MR) is 180 cm³/mol. The molecule has 0 aliphatic heterocycles. The van der Waals surface area contributed by atoms with Gasteiger partial charge >= 0.3 is 0 Å². The van der Waals surface area contributed by atoms with Crippen LogP contribution in [-0.2, 0) is 0 Å². The highest BCUT2D eigenvalue weighted by Gasteiger charge is 2.21. The van der Waals surface area contributed by atoms with Crippen LogP contribution in [0.2, 0.25) is 0 Å². The topological polar surface area (TPSA) is 127 Å². The maximum Gasteiger partial charge on any atom is 0.259 e. The molecule has 2 N–H and O–H groups in total. The molecule has 0 atom stereocenters. The van der Waals surface area contributed by atoms with Gasteiger partial charge in [-0.3, -0.25) is 29.3 Å². The fourth-order valence-corrected chi connectivity index (χ4v) is 5.48. The maximum atomic E-state index is 13.5. The summed E-state index contributed by atoms with van der Waals surface area (Å²) in [6, 6.07) is 31.7. The standard InChI is InChI=1S/C38H27N5O4/c1-23-34(44)28-12-9-13-29(36(28)47-35(23)24-10-3-2-4-11-24)38(46)42-27-17-16-25-20-26(22-41-32(25)21-27)37(45)43-33(30-14-5-7-18-39-30)31-15-6-8-19-40-31/h2-22,33H,1H3,(H,42,46)(H,43,45). The first-order valence-electron chi connectivity index (χ1n) is 14.9. The van der Waals surface area contributed by atoms with Crippen LogP contribution in [0.5, 0.6) is 0 Å². The minimum Gasteiger partial charge on any atom is -0.455 e. The van der Waals surface area contributed by atoms with Gasteiger partial charge in [-0.15, -0.1) is 0 Å². The van der Waals surface area contributed by atoms with Crippen LogP contribution in [0.4, 0.5) is 5.69 Å². The fraction of sp³-hybridized carbons (Fsp3) is 0.0526. The molecular weight excluding hydrogens is 590 g/mol. The summed E-state index contributed by atoms with van der Waals surface area (Å²) in [6.45, 7) is 1.72. The second kappa shape index (κ2) is 12.5. The van der Waals surface area contributed by atoms with Gasteiger partial charge in [0.25, 0.3) is 11.8 Å². The van der Waals surface area contributed by atoms with Gasteiger partial charge in [-0.05, 0) is 61.5 Å². The molecule has 0 fully saturated rings. The molecule has 0 spiro atoms. The lowest BCUT2D eigenvalue weighted by Crippen LogP contribution is -2.30. The summed E-state index contributed by atoms with van der Waals surface area (Å²) >= 11 is 0. The molecule has 0 aliphatic carbocycles. The van der Waals surface area contributed by atoms with E-state index in [1.54, 1.807) is 61.8 Å². The second-order valence-electron chi connectivity index (χ2n) is 10.9. The van der Waals surface area contributed by atoms with Gasteiger partial charge in [0.05, 0.1) is 33.4 Å². The van der Waals surface area contributed by atoms with E-state index in [-0.39, 0.29) is 22.5 Å². The number of hydrogen-bond acceptors (Lipinski definition) is 7. The number of fused-ring (bicyclic) bond motifs is 2. The van der Waals surface area contributed by atoms with E-state index in [0.717, 1.165) is 5.56 Å². The molecule has 0 saturated heterocycles. The molecule has 4 aromatic heterocycles. The first-order chi connectivity index (χ1) is 23.0. The van der Waals surface area contributed by atoms with Crippen molar-refractivity contribution in [2.75, 3.05) is 5.32 Å². The van der Waals surface area contributed by atoms with E-state index in [9.17, 15) is 14.4 Å². The van der Waals surface area contributed by atoms with Gasteiger partial charge in [0.2, 0.25) is 0 Å². The first kappa shape index (κ1) is 29.2. The minimum absolute atomic E-state index is 0.194. The summed E-state index contributed by atoms with van der Waals surface area (Å²) in [7, 11) is 0. The molecule has 7 rings (SSSR count). The van der Waals surface area contributed by atoms with E-state index in [1.165, 1.54) is 6.20 Å². The molecule has 0 aliphatic rings. The Labute approximate surface area is 269 Å². The van der Waals surface area contributed by atoms with E-state index < -0.39 is 11.9 Å². The molecule has 4 heterocycles. The van der Waals surface area contributed by atoms with Crippen molar-refractivity contribution in [3.8, 4) is 11.3 Å². The summed E-state index contributed by atoms with van der Waals surface area (Å²) < 4.78 is 6.22. The second-order valence-corrected chi connectivity index (χ2v) is 10.9. The Morgan fingerprint density at radius 1 is 0.745 bits per heavy atom. The first-order valence-corrected chi connectivity index (χ1v) is 14.9. The van der Waals surface area contributed by atoms with E-state index in [0.29, 0.717) is 50.3 Å². The molecule has 9 heteroatoms. The Hall–Kier alpha value is -6.48. The zero-order valence-electron chi connectivity index (χ0n) is 25.2. The van der Waals surface area contributed by atoms with Crippen molar-refractivity contribution in [3.63, 3.8) is 0 Å². The van der Waals surface area contributed by atoms with Crippen molar-refractivity contribution in [2.24, 2.45) is 0 Å². The van der Waals surface area contributed by atoms with Gasteiger partial charge in [-0.2, -0.15) is 0 Å². The minimum atomic E-state index is -0.552. The molecule has 0 unspecified atom stereocenters. The summed E-state index contributed by atoms with van der Waals surface area (Å²) in [5, 5.41) is 6.97. The highest BCUT2D eigenvalue weighted by molar-refractivity contribution is 6.12. The average Bonchev–Trinajstić information content (AvgIpc) is 3.12. The van der Waals surface area contributed by atoms with Gasteiger partial charge < -0.3 is 15.1 Å². The van der Waals surface area contributed by atoms with Crippen LogP contribution in [0.3, 0.4) is 0 Å². The van der Waals surface area contributed by atoms with Crippen molar-refractivity contribution in [1.29, 1.82) is 0 Å². The molecule has 0 radical (unpaired) electrons. The Morgan fingerprint density at radius 3 is 2.17 bits per heavy atom. The smallest absolute Gasteiger partial charge is 0.259 e. The molecule has 9 nitrogen and oxygen atoms in total. The monoisotopic (exact) mass is 617 g/mol. The summed E-state index contributed by atoms with van der Waals surface area (Å²) in [5.74, 6) is -0.350. The number of carbonyl (C=O) groups excluding carboxylic acids is 2. The van der Waals surface area contributed by atoms with Crippen LogP contribution in [-0.4, -0.2) is 26.8 Å². The zero-order chi connectivity index (χ0) is 32.3. The van der Waals surface area contributed by atoms with Crippen molar-refractivity contribution < 1.29 is 14.0 Å². The van der Waals surface area contributed by atoms with Crippen molar-refractivity contribution >= 4 is 39.4 Å².